The first kappa shape index (κ1) is 17.9. The van der Waals surface area contributed by atoms with Crippen LogP contribution in [0, 0.1) is 12.8 Å². The maximum absolute atomic E-state index is 12.6. The van der Waals surface area contributed by atoms with Gasteiger partial charge in [0.05, 0.1) is 11.1 Å². The molecule has 0 bridgehead atoms. The molecule has 1 aliphatic carbocycles. The maximum atomic E-state index is 12.6. The summed E-state index contributed by atoms with van der Waals surface area (Å²) in [4.78, 5) is 36.9. The van der Waals surface area contributed by atoms with E-state index in [2.05, 4.69) is 15.7 Å². The van der Waals surface area contributed by atoms with Crippen LogP contribution in [0.5, 0.6) is 0 Å². The summed E-state index contributed by atoms with van der Waals surface area (Å²) < 4.78 is 1.17. The van der Waals surface area contributed by atoms with Crippen molar-refractivity contribution in [3.8, 4) is 0 Å². The van der Waals surface area contributed by atoms with Crippen LogP contribution < -0.4 is 16.2 Å². The van der Waals surface area contributed by atoms with Crippen molar-refractivity contribution in [2.45, 2.75) is 26.3 Å². The lowest BCUT2D eigenvalue weighted by molar-refractivity contribution is -0.117. The van der Waals surface area contributed by atoms with Crippen molar-refractivity contribution < 1.29 is 9.59 Å². The Labute approximate surface area is 161 Å². The smallest absolute Gasteiger partial charge is 0.275 e. The molecular formula is C21H20N4O3. The zero-order chi connectivity index (χ0) is 19.7. The summed E-state index contributed by atoms with van der Waals surface area (Å²) in [7, 11) is 0. The van der Waals surface area contributed by atoms with E-state index in [0.29, 0.717) is 22.5 Å². The second kappa shape index (κ2) is 7.26. The molecule has 0 spiro atoms. The van der Waals surface area contributed by atoms with Crippen LogP contribution in [0.25, 0.3) is 10.8 Å². The van der Waals surface area contributed by atoms with Gasteiger partial charge in [0.15, 0.2) is 0 Å². The predicted octanol–water partition coefficient (Wildman–Crippen LogP) is 2.69. The van der Waals surface area contributed by atoms with Crippen molar-refractivity contribution in [3.63, 3.8) is 0 Å². The molecule has 0 radical (unpaired) electrons. The van der Waals surface area contributed by atoms with E-state index in [9.17, 15) is 14.4 Å². The molecule has 0 unspecified atom stereocenters. The minimum Gasteiger partial charge on any atom is -0.326 e. The second-order valence-electron chi connectivity index (χ2n) is 6.99. The molecule has 1 fully saturated rings. The molecule has 1 heterocycles. The fourth-order valence-electron chi connectivity index (χ4n) is 3.11. The van der Waals surface area contributed by atoms with Crippen LogP contribution in [0.2, 0.25) is 0 Å². The molecular weight excluding hydrogens is 356 g/mol. The topological polar surface area (TPSA) is 93.1 Å². The first-order valence-corrected chi connectivity index (χ1v) is 9.18. The number of anilines is 2. The minimum atomic E-state index is -0.366. The molecule has 1 aliphatic rings. The largest absolute Gasteiger partial charge is 0.326 e. The highest BCUT2D eigenvalue weighted by Gasteiger charge is 2.29. The molecule has 4 rings (SSSR count). The molecule has 7 nitrogen and oxygen atoms in total. The van der Waals surface area contributed by atoms with E-state index in [1.807, 2.05) is 19.1 Å². The Kier molecular flexibility index (Phi) is 4.65. The van der Waals surface area contributed by atoms with Crippen molar-refractivity contribution in [1.82, 2.24) is 9.78 Å². The number of fused-ring (bicyclic) bond motifs is 1. The molecule has 2 aromatic carbocycles. The lowest BCUT2D eigenvalue weighted by atomic mass is 10.1. The van der Waals surface area contributed by atoms with E-state index in [1.54, 1.807) is 36.4 Å². The van der Waals surface area contributed by atoms with E-state index in [0.717, 1.165) is 18.2 Å². The van der Waals surface area contributed by atoms with Gasteiger partial charge in [-0.1, -0.05) is 24.3 Å². The number of amides is 2. The van der Waals surface area contributed by atoms with Crippen LogP contribution in [0.15, 0.2) is 53.3 Å². The molecule has 2 N–H and O–H groups in total. The zero-order valence-corrected chi connectivity index (χ0v) is 15.4. The second-order valence-corrected chi connectivity index (χ2v) is 6.99. The van der Waals surface area contributed by atoms with Gasteiger partial charge in [-0.3, -0.25) is 14.4 Å². The Morgan fingerprint density at radius 3 is 2.43 bits per heavy atom. The van der Waals surface area contributed by atoms with Gasteiger partial charge in [-0.2, -0.15) is 5.10 Å². The van der Waals surface area contributed by atoms with E-state index in [1.165, 1.54) is 4.68 Å². The molecule has 0 atom stereocenters. The number of rotatable bonds is 5. The van der Waals surface area contributed by atoms with E-state index in [4.69, 9.17) is 0 Å². The Morgan fingerprint density at radius 1 is 1.04 bits per heavy atom. The summed E-state index contributed by atoms with van der Waals surface area (Å²) in [6.45, 7) is 1.62. The predicted molar refractivity (Wildman–Crippen MR) is 107 cm³/mol. The quantitative estimate of drug-likeness (QED) is 0.716. The van der Waals surface area contributed by atoms with Gasteiger partial charge in [0.1, 0.15) is 6.54 Å². The molecule has 1 aromatic heterocycles. The Morgan fingerprint density at radius 2 is 1.71 bits per heavy atom. The zero-order valence-electron chi connectivity index (χ0n) is 15.4. The van der Waals surface area contributed by atoms with Crippen molar-refractivity contribution in [2.75, 3.05) is 10.6 Å². The van der Waals surface area contributed by atoms with Gasteiger partial charge < -0.3 is 10.6 Å². The lowest BCUT2D eigenvalue weighted by Crippen LogP contribution is -2.30. The fraction of sp³-hybridized carbons (Fsp3) is 0.238. The summed E-state index contributed by atoms with van der Waals surface area (Å²) in [6, 6.07) is 14.2. The maximum Gasteiger partial charge on any atom is 0.275 e. The highest BCUT2D eigenvalue weighted by atomic mass is 16.2. The standard InChI is InChI=1S/C21H20N4O3/c1-13-17-7-2-3-8-18(17)21(28)25(24-13)12-19(26)22-15-5-4-6-16(11-15)23-20(27)14-9-10-14/h2-8,11,14H,9-10,12H2,1H3,(H,22,26)(H,23,27). The average Bonchev–Trinajstić information content (AvgIpc) is 3.51. The molecule has 2 amide bonds. The van der Waals surface area contributed by atoms with Crippen molar-refractivity contribution in [1.29, 1.82) is 0 Å². The number of hydrogen-bond donors (Lipinski definition) is 2. The highest BCUT2D eigenvalue weighted by Crippen LogP contribution is 2.30. The van der Waals surface area contributed by atoms with Crippen LogP contribution >= 0.6 is 0 Å². The molecule has 0 aliphatic heterocycles. The molecule has 142 valence electrons. The van der Waals surface area contributed by atoms with Gasteiger partial charge in [-0.25, -0.2) is 4.68 Å². The first-order chi connectivity index (χ1) is 13.5. The van der Waals surface area contributed by atoms with Crippen LogP contribution in [0.3, 0.4) is 0 Å². The molecule has 7 heteroatoms. The van der Waals surface area contributed by atoms with Crippen molar-refractivity contribution in [2.24, 2.45) is 5.92 Å². The lowest BCUT2D eigenvalue weighted by Gasteiger charge is -2.10. The molecule has 28 heavy (non-hydrogen) atoms. The van der Waals surface area contributed by atoms with E-state index >= 15 is 0 Å². The molecule has 1 saturated carbocycles. The van der Waals surface area contributed by atoms with E-state index < -0.39 is 0 Å². The first-order valence-electron chi connectivity index (χ1n) is 9.18. The van der Waals surface area contributed by atoms with Gasteiger partial charge in [-0.05, 0) is 44.0 Å². The fourth-order valence-corrected chi connectivity index (χ4v) is 3.11. The number of aromatic nitrogens is 2. The normalized spacial score (nSPS) is 13.3. The number of carbonyl (C=O) groups excluding carboxylic acids is 2. The monoisotopic (exact) mass is 376 g/mol. The van der Waals surface area contributed by atoms with Crippen LogP contribution in [-0.2, 0) is 16.1 Å². The van der Waals surface area contributed by atoms with Crippen LogP contribution in [0.4, 0.5) is 11.4 Å². The average molecular weight is 376 g/mol. The van der Waals surface area contributed by atoms with Crippen molar-refractivity contribution >= 4 is 34.0 Å². The van der Waals surface area contributed by atoms with E-state index in [-0.39, 0.29) is 29.8 Å². The Bertz CT molecular complexity index is 1130. The number of carbonyl (C=O) groups is 2. The summed E-state index contributed by atoms with van der Waals surface area (Å²) in [5.41, 5.74) is 1.56. The summed E-state index contributed by atoms with van der Waals surface area (Å²) in [5.74, 6) is -0.256. The van der Waals surface area contributed by atoms with Crippen LogP contribution in [-0.4, -0.2) is 21.6 Å². The summed E-state index contributed by atoms with van der Waals surface area (Å²) >= 11 is 0. The van der Waals surface area contributed by atoms with Gasteiger partial charge in [-0.15, -0.1) is 0 Å². The molecule has 3 aromatic rings. The number of nitrogens with zero attached hydrogens (tertiary/aromatic N) is 2. The Balaban J connectivity index is 1.49. The summed E-state index contributed by atoms with van der Waals surface area (Å²) in [6.07, 6.45) is 1.85. The number of aryl methyl sites for hydroxylation is 1. The number of nitrogens with one attached hydrogen (secondary N) is 2. The van der Waals surface area contributed by atoms with Gasteiger partial charge in [0, 0.05) is 22.7 Å². The molecule has 0 saturated heterocycles. The number of benzene rings is 2. The SMILES string of the molecule is Cc1nn(CC(=O)Nc2cccc(NC(=O)C3CC3)c2)c(=O)c2ccccc12. The third-order valence-electron chi connectivity index (χ3n) is 4.71. The van der Waals surface area contributed by atoms with Crippen LogP contribution in [0.1, 0.15) is 18.5 Å². The van der Waals surface area contributed by atoms with Gasteiger partial charge >= 0.3 is 0 Å². The summed E-state index contributed by atoms with van der Waals surface area (Å²) in [5, 5.41) is 11.2. The van der Waals surface area contributed by atoms with Gasteiger partial charge in [0.2, 0.25) is 11.8 Å². The van der Waals surface area contributed by atoms with Crippen molar-refractivity contribution in [3.05, 3.63) is 64.6 Å². The minimum absolute atomic E-state index is 0.00543. The van der Waals surface area contributed by atoms with Gasteiger partial charge in [0.25, 0.3) is 5.56 Å². The number of hydrogen-bond acceptors (Lipinski definition) is 4. The Hall–Kier alpha value is -3.48. The third kappa shape index (κ3) is 3.78. The third-order valence-corrected chi connectivity index (χ3v) is 4.71. The highest BCUT2D eigenvalue weighted by molar-refractivity contribution is 5.96.